The minimum Gasteiger partial charge on any atom is -0.322 e. The molecular weight excluding hydrogens is 398 g/mol. The lowest BCUT2D eigenvalue weighted by atomic mass is 10.1. The summed E-state index contributed by atoms with van der Waals surface area (Å²) >= 11 is 0. The highest BCUT2D eigenvalue weighted by molar-refractivity contribution is 7.92. The van der Waals surface area contributed by atoms with Crippen LogP contribution in [0.3, 0.4) is 0 Å². The third kappa shape index (κ3) is 5.39. The van der Waals surface area contributed by atoms with Gasteiger partial charge in [-0.2, -0.15) is 0 Å². The molecule has 0 aliphatic heterocycles. The van der Waals surface area contributed by atoms with Gasteiger partial charge in [0, 0.05) is 11.3 Å². The van der Waals surface area contributed by atoms with Gasteiger partial charge in [-0.15, -0.1) is 0 Å². The van der Waals surface area contributed by atoms with Crippen molar-refractivity contribution in [3.8, 4) is 0 Å². The number of benzene rings is 3. The Morgan fingerprint density at radius 1 is 0.862 bits per heavy atom. The molecule has 29 heavy (non-hydrogen) atoms. The summed E-state index contributed by atoms with van der Waals surface area (Å²) in [6, 6.07) is 16.9. The largest absolute Gasteiger partial charge is 0.322 e. The molecule has 3 rings (SSSR count). The molecule has 3 aromatic carbocycles. The first-order valence-electron chi connectivity index (χ1n) is 8.61. The molecule has 0 fully saturated rings. The molecule has 0 saturated carbocycles. The van der Waals surface area contributed by atoms with Crippen molar-refractivity contribution in [1.82, 2.24) is 0 Å². The number of sulfonamides is 1. The first-order valence-corrected chi connectivity index (χ1v) is 10.5. The normalized spacial score (nSPS) is 11.1. The van der Waals surface area contributed by atoms with Crippen LogP contribution in [0.25, 0.3) is 0 Å². The maximum atomic E-state index is 13.1. The molecule has 0 aromatic heterocycles. The van der Waals surface area contributed by atoms with Gasteiger partial charge in [0.1, 0.15) is 11.6 Å². The summed E-state index contributed by atoms with van der Waals surface area (Å²) in [6.45, 7) is 0.0280. The van der Waals surface area contributed by atoms with E-state index in [4.69, 9.17) is 0 Å². The highest BCUT2D eigenvalue weighted by Crippen LogP contribution is 2.22. The first-order chi connectivity index (χ1) is 13.7. The van der Waals surface area contributed by atoms with Crippen LogP contribution in [0.15, 0.2) is 72.8 Å². The predicted octanol–water partition coefficient (Wildman–Crippen LogP) is 4.18. The van der Waals surface area contributed by atoms with Crippen molar-refractivity contribution >= 4 is 27.3 Å². The van der Waals surface area contributed by atoms with Crippen molar-refractivity contribution in [3.05, 3.63) is 95.6 Å². The zero-order chi connectivity index (χ0) is 21.0. The lowest BCUT2D eigenvalue weighted by Crippen LogP contribution is -2.29. The number of halogens is 2. The topological polar surface area (TPSA) is 66.5 Å². The van der Waals surface area contributed by atoms with E-state index in [0.29, 0.717) is 22.5 Å². The van der Waals surface area contributed by atoms with Gasteiger partial charge >= 0.3 is 0 Å². The first kappa shape index (κ1) is 20.5. The Balaban J connectivity index is 1.79. The lowest BCUT2D eigenvalue weighted by molar-refractivity contribution is 0.102. The fourth-order valence-electron chi connectivity index (χ4n) is 2.67. The van der Waals surface area contributed by atoms with Gasteiger partial charge in [0.25, 0.3) is 5.91 Å². The molecule has 1 N–H and O–H groups in total. The molecule has 0 bridgehead atoms. The van der Waals surface area contributed by atoms with E-state index in [-0.39, 0.29) is 6.54 Å². The molecule has 1 amide bonds. The van der Waals surface area contributed by atoms with Gasteiger partial charge in [-0.1, -0.05) is 12.1 Å². The molecular formula is C21H18F2N2O3S. The van der Waals surface area contributed by atoms with Gasteiger partial charge in [0.2, 0.25) is 10.0 Å². The van der Waals surface area contributed by atoms with E-state index in [0.717, 1.165) is 6.26 Å². The summed E-state index contributed by atoms with van der Waals surface area (Å²) < 4.78 is 51.7. The fraction of sp³-hybridized carbons (Fsp3) is 0.0952. The summed E-state index contributed by atoms with van der Waals surface area (Å²) in [7, 11) is -3.61. The zero-order valence-electron chi connectivity index (χ0n) is 15.5. The van der Waals surface area contributed by atoms with Crippen LogP contribution in [0.1, 0.15) is 15.9 Å². The summed E-state index contributed by atoms with van der Waals surface area (Å²) in [5.74, 6) is -1.22. The molecule has 0 aliphatic carbocycles. The second-order valence-electron chi connectivity index (χ2n) is 6.40. The standard InChI is InChI=1S/C21H18F2N2O3S/c1-29(27,28)25(14-15-2-6-17(22)7-3-15)20-12-4-16(5-13-20)21(26)24-19-10-8-18(23)9-11-19/h2-13H,14H2,1H3,(H,24,26). The maximum Gasteiger partial charge on any atom is 0.255 e. The van der Waals surface area contributed by atoms with Crippen LogP contribution in [0.2, 0.25) is 0 Å². The summed E-state index contributed by atoms with van der Waals surface area (Å²) in [4.78, 5) is 12.3. The number of hydrogen-bond donors (Lipinski definition) is 1. The molecule has 0 radical (unpaired) electrons. The quantitative estimate of drug-likeness (QED) is 0.656. The number of carbonyl (C=O) groups is 1. The van der Waals surface area contributed by atoms with E-state index in [1.165, 1.54) is 77.1 Å². The zero-order valence-corrected chi connectivity index (χ0v) is 16.3. The molecule has 5 nitrogen and oxygen atoms in total. The second-order valence-corrected chi connectivity index (χ2v) is 8.31. The highest BCUT2D eigenvalue weighted by atomic mass is 32.2. The van der Waals surface area contributed by atoms with Crippen LogP contribution in [-0.4, -0.2) is 20.6 Å². The van der Waals surface area contributed by atoms with Crippen LogP contribution in [-0.2, 0) is 16.6 Å². The second kappa shape index (κ2) is 8.40. The lowest BCUT2D eigenvalue weighted by Gasteiger charge is -2.22. The molecule has 0 unspecified atom stereocenters. The molecule has 0 aliphatic rings. The van der Waals surface area contributed by atoms with Crippen molar-refractivity contribution in [1.29, 1.82) is 0 Å². The van der Waals surface area contributed by atoms with Crippen molar-refractivity contribution in [2.45, 2.75) is 6.54 Å². The number of hydrogen-bond acceptors (Lipinski definition) is 3. The number of nitrogens with zero attached hydrogens (tertiary/aromatic N) is 1. The number of carbonyl (C=O) groups excluding carboxylic acids is 1. The van der Waals surface area contributed by atoms with Crippen LogP contribution in [0.4, 0.5) is 20.2 Å². The smallest absolute Gasteiger partial charge is 0.255 e. The number of rotatable bonds is 6. The maximum absolute atomic E-state index is 13.1. The predicted molar refractivity (Wildman–Crippen MR) is 108 cm³/mol. The summed E-state index contributed by atoms with van der Waals surface area (Å²) in [5.41, 5.74) is 1.74. The number of nitrogens with one attached hydrogen (secondary N) is 1. The SMILES string of the molecule is CS(=O)(=O)N(Cc1ccc(F)cc1)c1ccc(C(=O)Nc2ccc(F)cc2)cc1. The van der Waals surface area contributed by atoms with Gasteiger partial charge in [0.15, 0.2) is 0 Å². The average molecular weight is 416 g/mol. The van der Waals surface area contributed by atoms with E-state index in [9.17, 15) is 22.0 Å². The van der Waals surface area contributed by atoms with Gasteiger partial charge in [-0.3, -0.25) is 9.10 Å². The van der Waals surface area contributed by atoms with E-state index >= 15 is 0 Å². The van der Waals surface area contributed by atoms with Gasteiger partial charge < -0.3 is 5.32 Å². The van der Waals surface area contributed by atoms with Gasteiger partial charge in [-0.25, -0.2) is 17.2 Å². The Bertz CT molecular complexity index is 1100. The third-order valence-electron chi connectivity index (χ3n) is 4.16. The van der Waals surface area contributed by atoms with Gasteiger partial charge in [-0.05, 0) is 66.2 Å². The van der Waals surface area contributed by atoms with Crippen LogP contribution >= 0.6 is 0 Å². The fourth-order valence-corrected chi connectivity index (χ4v) is 3.56. The summed E-state index contributed by atoms with van der Waals surface area (Å²) in [5, 5.41) is 2.64. The Morgan fingerprint density at radius 2 is 1.38 bits per heavy atom. The van der Waals surface area contributed by atoms with E-state index in [1.807, 2.05) is 0 Å². The van der Waals surface area contributed by atoms with Crippen molar-refractivity contribution < 1.29 is 22.0 Å². The van der Waals surface area contributed by atoms with Crippen molar-refractivity contribution in [3.63, 3.8) is 0 Å². The van der Waals surface area contributed by atoms with E-state index < -0.39 is 27.6 Å². The Morgan fingerprint density at radius 3 is 1.90 bits per heavy atom. The minimum absolute atomic E-state index is 0.0280. The molecule has 0 spiro atoms. The van der Waals surface area contributed by atoms with Crippen LogP contribution < -0.4 is 9.62 Å². The molecule has 0 saturated heterocycles. The van der Waals surface area contributed by atoms with E-state index in [1.54, 1.807) is 0 Å². The average Bonchev–Trinajstić information content (AvgIpc) is 2.68. The van der Waals surface area contributed by atoms with Gasteiger partial charge in [0.05, 0.1) is 18.5 Å². The number of anilines is 2. The van der Waals surface area contributed by atoms with Crippen molar-refractivity contribution in [2.75, 3.05) is 15.9 Å². The monoisotopic (exact) mass is 416 g/mol. The van der Waals surface area contributed by atoms with E-state index in [2.05, 4.69) is 5.32 Å². The Labute approximate surface area is 167 Å². The highest BCUT2D eigenvalue weighted by Gasteiger charge is 2.18. The summed E-state index contributed by atoms with van der Waals surface area (Å²) in [6.07, 6.45) is 1.08. The van der Waals surface area contributed by atoms with Crippen LogP contribution in [0, 0.1) is 11.6 Å². The molecule has 8 heteroatoms. The third-order valence-corrected chi connectivity index (χ3v) is 5.30. The minimum atomic E-state index is -3.61. The Hall–Kier alpha value is -3.26. The Kier molecular flexibility index (Phi) is 5.93. The van der Waals surface area contributed by atoms with Crippen LogP contribution in [0.5, 0.6) is 0 Å². The molecule has 150 valence electrons. The molecule has 3 aromatic rings. The number of amides is 1. The molecule has 0 heterocycles. The molecule has 0 atom stereocenters. The van der Waals surface area contributed by atoms with Crippen molar-refractivity contribution in [2.24, 2.45) is 0 Å².